The van der Waals surface area contributed by atoms with Crippen molar-refractivity contribution in [3.63, 3.8) is 0 Å². The number of hydrogen-bond donors (Lipinski definition) is 3. The van der Waals surface area contributed by atoms with Crippen LogP contribution >= 0.6 is 0 Å². The van der Waals surface area contributed by atoms with E-state index in [1.54, 1.807) is 49.6 Å². The predicted octanol–water partition coefficient (Wildman–Crippen LogP) is 1.01. The molecule has 0 aromatic heterocycles. The van der Waals surface area contributed by atoms with Crippen LogP contribution < -0.4 is 20.7 Å². The Bertz CT molecular complexity index is 889. The highest BCUT2D eigenvalue weighted by atomic mass is 16.5. The summed E-state index contributed by atoms with van der Waals surface area (Å²) in [5.74, 6) is -1.59. The molecule has 0 saturated carbocycles. The normalized spacial score (nSPS) is 15.4. The van der Waals surface area contributed by atoms with E-state index in [4.69, 9.17) is 4.74 Å². The molecule has 3 N–H and O–H groups in total. The van der Waals surface area contributed by atoms with Gasteiger partial charge < -0.3 is 10.1 Å². The van der Waals surface area contributed by atoms with Crippen molar-refractivity contribution in [3.8, 4) is 5.75 Å². The Morgan fingerprint density at radius 2 is 1.57 bits per heavy atom. The number of rotatable bonds is 6. The maximum absolute atomic E-state index is 12.6. The van der Waals surface area contributed by atoms with Gasteiger partial charge >= 0.3 is 6.03 Å². The van der Waals surface area contributed by atoms with Crippen LogP contribution in [0.5, 0.6) is 5.75 Å². The zero-order valence-electron chi connectivity index (χ0n) is 15.2. The molecule has 28 heavy (non-hydrogen) atoms. The average Bonchev–Trinajstić information content (AvgIpc) is 2.70. The van der Waals surface area contributed by atoms with Gasteiger partial charge in [0.25, 0.3) is 11.8 Å². The summed E-state index contributed by atoms with van der Waals surface area (Å²) < 4.78 is 5.09. The van der Waals surface area contributed by atoms with E-state index in [1.807, 2.05) is 12.1 Å². The van der Waals surface area contributed by atoms with Crippen LogP contribution in [0.15, 0.2) is 54.6 Å². The number of nitrogens with one attached hydrogen (secondary N) is 3. The molecule has 5 amide bonds. The summed E-state index contributed by atoms with van der Waals surface area (Å²) in [4.78, 5) is 49.2. The Labute approximate surface area is 161 Å². The lowest BCUT2D eigenvalue weighted by atomic mass is 9.86. The van der Waals surface area contributed by atoms with E-state index in [0.717, 1.165) is 5.56 Å². The van der Waals surface area contributed by atoms with Gasteiger partial charge in [0.15, 0.2) is 0 Å². The van der Waals surface area contributed by atoms with Gasteiger partial charge in [0.2, 0.25) is 11.4 Å². The van der Waals surface area contributed by atoms with Crippen LogP contribution in [0.2, 0.25) is 0 Å². The summed E-state index contributed by atoms with van der Waals surface area (Å²) in [7, 11) is 1.57. The second kappa shape index (κ2) is 7.91. The fraction of sp³-hybridized carbons (Fsp3) is 0.200. The quantitative estimate of drug-likeness (QED) is 0.646. The average molecular weight is 381 g/mol. The molecule has 8 nitrogen and oxygen atoms in total. The molecule has 0 atom stereocenters. The number of amides is 5. The third-order valence-corrected chi connectivity index (χ3v) is 4.47. The first-order valence-electron chi connectivity index (χ1n) is 8.62. The van der Waals surface area contributed by atoms with Gasteiger partial charge in [-0.1, -0.05) is 42.5 Å². The first-order valence-corrected chi connectivity index (χ1v) is 8.62. The molecule has 1 heterocycles. The smallest absolute Gasteiger partial charge is 0.328 e. The Morgan fingerprint density at radius 3 is 2.14 bits per heavy atom. The Hall–Kier alpha value is -3.68. The molecule has 0 spiro atoms. The van der Waals surface area contributed by atoms with E-state index in [-0.39, 0.29) is 12.0 Å². The molecule has 1 saturated heterocycles. The van der Waals surface area contributed by atoms with Crippen LogP contribution in [0.3, 0.4) is 0 Å². The molecule has 8 heteroatoms. The van der Waals surface area contributed by atoms with E-state index in [0.29, 0.717) is 12.2 Å². The number of carbonyl (C=O) groups excluding carboxylic acids is 4. The van der Waals surface area contributed by atoms with E-state index >= 15 is 0 Å². The van der Waals surface area contributed by atoms with Crippen molar-refractivity contribution < 1.29 is 23.9 Å². The maximum Gasteiger partial charge on any atom is 0.328 e. The fourth-order valence-corrected chi connectivity index (χ4v) is 2.99. The number of ether oxygens (including phenoxy) is 1. The van der Waals surface area contributed by atoms with Crippen LogP contribution in [0, 0.1) is 0 Å². The molecular formula is C20H19N3O5. The minimum absolute atomic E-state index is 0.0510. The zero-order chi connectivity index (χ0) is 20.1. The van der Waals surface area contributed by atoms with Crippen molar-refractivity contribution in [2.75, 3.05) is 7.11 Å². The number of benzene rings is 2. The number of barbiturate groups is 1. The van der Waals surface area contributed by atoms with E-state index in [1.165, 1.54) is 0 Å². The monoisotopic (exact) mass is 381 g/mol. The van der Waals surface area contributed by atoms with Crippen molar-refractivity contribution in [2.24, 2.45) is 0 Å². The van der Waals surface area contributed by atoms with Crippen LogP contribution in [-0.2, 0) is 26.3 Å². The molecule has 2 aromatic carbocycles. The summed E-state index contributed by atoms with van der Waals surface area (Å²) >= 11 is 0. The first-order chi connectivity index (χ1) is 13.5. The highest BCUT2D eigenvalue weighted by Gasteiger charge is 2.52. The van der Waals surface area contributed by atoms with Gasteiger partial charge in [0.1, 0.15) is 5.75 Å². The minimum atomic E-state index is -2.01. The van der Waals surface area contributed by atoms with Crippen molar-refractivity contribution in [3.05, 3.63) is 65.7 Å². The van der Waals surface area contributed by atoms with Crippen LogP contribution in [0.25, 0.3) is 0 Å². The molecule has 1 aliphatic rings. The second-order valence-corrected chi connectivity index (χ2v) is 6.25. The number of urea groups is 1. The van der Waals surface area contributed by atoms with E-state index in [9.17, 15) is 19.2 Å². The van der Waals surface area contributed by atoms with Crippen molar-refractivity contribution in [2.45, 2.75) is 18.4 Å². The molecule has 0 radical (unpaired) electrons. The molecule has 1 fully saturated rings. The molecule has 0 aliphatic carbocycles. The standard InChI is InChI=1S/C20H19N3O5/c1-28-15-10-7-13(8-11-15)9-12-16(24)23-20(14-5-3-2-4-6-14)17(25)21-19(27)22-18(20)26/h2-8,10-11H,9,12H2,1H3,(H,23,24)(H2,21,22,25,26,27). The van der Waals surface area contributed by atoms with Gasteiger partial charge in [-0.25, -0.2) is 4.79 Å². The fourth-order valence-electron chi connectivity index (χ4n) is 2.99. The summed E-state index contributed by atoms with van der Waals surface area (Å²) in [5.41, 5.74) is -0.848. The third kappa shape index (κ3) is 3.71. The van der Waals surface area contributed by atoms with Gasteiger partial charge in [0.05, 0.1) is 7.11 Å². The number of hydrogen-bond acceptors (Lipinski definition) is 5. The van der Waals surface area contributed by atoms with E-state index in [2.05, 4.69) is 16.0 Å². The maximum atomic E-state index is 12.6. The summed E-state index contributed by atoms with van der Waals surface area (Å²) in [5, 5.41) is 6.63. The summed E-state index contributed by atoms with van der Waals surface area (Å²) in [6, 6.07) is 14.4. The Kier molecular flexibility index (Phi) is 5.39. The predicted molar refractivity (Wildman–Crippen MR) is 99.3 cm³/mol. The highest BCUT2D eigenvalue weighted by molar-refractivity contribution is 6.23. The minimum Gasteiger partial charge on any atom is -0.497 e. The molecule has 144 valence electrons. The summed E-state index contributed by atoms with van der Waals surface area (Å²) in [6.07, 6.45) is 0.457. The van der Waals surface area contributed by atoms with Gasteiger partial charge in [0, 0.05) is 6.42 Å². The molecule has 2 aromatic rings. The number of carbonyl (C=O) groups is 4. The van der Waals surface area contributed by atoms with E-state index < -0.39 is 29.3 Å². The topological polar surface area (TPSA) is 114 Å². The molecular weight excluding hydrogens is 362 g/mol. The van der Waals surface area contributed by atoms with Gasteiger partial charge in [-0.15, -0.1) is 0 Å². The Morgan fingerprint density at radius 1 is 0.964 bits per heavy atom. The number of methoxy groups -OCH3 is 1. The first kappa shape index (κ1) is 19.1. The molecule has 0 bridgehead atoms. The SMILES string of the molecule is COc1ccc(CCC(=O)NC2(c3ccccc3)C(=O)NC(=O)NC2=O)cc1. The lowest BCUT2D eigenvalue weighted by Gasteiger charge is -2.34. The van der Waals surface area contributed by atoms with Crippen LogP contribution in [0.1, 0.15) is 17.5 Å². The van der Waals surface area contributed by atoms with Crippen LogP contribution in [-0.4, -0.2) is 30.9 Å². The third-order valence-electron chi connectivity index (χ3n) is 4.47. The van der Waals surface area contributed by atoms with Crippen molar-refractivity contribution in [1.82, 2.24) is 16.0 Å². The van der Waals surface area contributed by atoms with Crippen molar-refractivity contribution >= 4 is 23.8 Å². The zero-order valence-corrected chi connectivity index (χ0v) is 15.2. The van der Waals surface area contributed by atoms with Gasteiger partial charge in [-0.05, 0) is 29.7 Å². The molecule has 0 unspecified atom stereocenters. The second-order valence-electron chi connectivity index (χ2n) is 6.25. The highest BCUT2D eigenvalue weighted by Crippen LogP contribution is 2.24. The number of imide groups is 2. The molecule has 1 aliphatic heterocycles. The lowest BCUT2D eigenvalue weighted by molar-refractivity contribution is -0.144. The van der Waals surface area contributed by atoms with Gasteiger partial charge in [-0.3, -0.25) is 25.0 Å². The van der Waals surface area contributed by atoms with Crippen molar-refractivity contribution in [1.29, 1.82) is 0 Å². The molecule has 3 rings (SSSR count). The number of aryl methyl sites for hydroxylation is 1. The van der Waals surface area contributed by atoms with Crippen LogP contribution in [0.4, 0.5) is 4.79 Å². The largest absolute Gasteiger partial charge is 0.497 e. The summed E-state index contributed by atoms with van der Waals surface area (Å²) in [6.45, 7) is 0. The lowest BCUT2D eigenvalue weighted by Crippen LogP contribution is -2.71. The van der Waals surface area contributed by atoms with Gasteiger partial charge in [-0.2, -0.15) is 0 Å². The Balaban J connectivity index is 1.79.